The summed E-state index contributed by atoms with van der Waals surface area (Å²) in [5.74, 6) is -48.9. The molecule has 0 amide bonds. The minimum Gasteiger partial charge on any atom is -0.306 e. The maximum absolute atomic E-state index is 12.9. The minimum atomic E-state index is -8.58. The molecule has 1 aliphatic rings. The Hall–Kier alpha value is -0.100. The van der Waals surface area contributed by atoms with Gasteiger partial charge in [0.1, 0.15) is 0 Å². The van der Waals surface area contributed by atoms with Crippen LogP contribution in [-0.2, 0) is 14.0 Å². The Balaban J connectivity index is 0.000000893. The molecule has 0 bridgehead atoms. The van der Waals surface area contributed by atoms with Crippen LogP contribution in [0.4, 0.5) is 74.6 Å². The summed E-state index contributed by atoms with van der Waals surface area (Å²) < 4.78 is 231. The molecule has 254 valence electrons. The number of halogens is 20. The SMILES string of the molecule is FC(F)(F)C(F)(F)C(F)(F)C(F)(F)C(F)(F)C(F)(F)C(F)(F)C(F)(F)Br.O=[P@@]1(N(CCCl)CCCl)N[C@@H](OO)CCO1. The molecule has 0 spiro atoms. The van der Waals surface area contributed by atoms with Gasteiger partial charge in [0.25, 0.3) is 0 Å². The Morgan fingerprint density at radius 3 is 1.43 bits per heavy atom. The second-order valence-corrected chi connectivity index (χ2v) is 11.5. The highest BCUT2D eigenvalue weighted by Crippen LogP contribution is 2.64. The molecule has 2 N–H and O–H groups in total. The summed E-state index contributed by atoms with van der Waals surface area (Å²) >= 11 is 11.6. The van der Waals surface area contributed by atoms with Crippen LogP contribution >= 0.6 is 46.8 Å². The Kier molecular flexibility index (Phi) is 13.7. The zero-order chi connectivity index (χ0) is 34.0. The van der Waals surface area contributed by atoms with Crippen molar-refractivity contribution in [2.45, 2.75) is 59.2 Å². The second kappa shape index (κ2) is 13.7. The fourth-order valence-corrected chi connectivity index (χ4v) is 5.44. The largest absolute Gasteiger partial charge is 0.460 e. The molecule has 27 heteroatoms. The van der Waals surface area contributed by atoms with Gasteiger partial charge >= 0.3 is 54.2 Å². The maximum Gasteiger partial charge on any atom is 0.460 e. The van der Waals surface area contributed by atoms with Crippen LogP contribution in [0.3, 0.4) is 0 Å². The highest BCUT2D eigenvalue weighted by molar-refractivity contribution is 9.10. The van der Waals surface area contributed by atoms with E-state index in [1.807, 2.05) is 0 Å². The third-order valence-electron chi connectivity index (χ3n) is 4.82. The molecule has 1 rings (SSSR count). The number of nitrogens with zero attached hydrogens (tertiary/aromatic N) is 1. The average molecular weight is 792 g/mol. The van der Waals surface area contributed by atoms with Gasteiger partial charge in [0.05, 0.1) is 6.61 Å². The lowest BCUT2D eigenvalue weighted by molar-refractivity contribution is -0.457. The topological polar surface area (TPSA) is 71.0 Å². The molecule has 42 heavy (non-hydrogen) atoms. The summed E-state index contributed by atoms with van der Waals surface area (Å²) in [7, 11) is -3.20. The molecule has 6 nitrogen and oxygen atoms in total. The van der Waals surface area contributed by atoms with Crippen molar-refractivity contribution in [3.63, 3.8) is 0 Å². The fourth-order valence-electron chi connectivity index (χ4n) is 2.52. The van der Waals surface area contributed by atoms with Crippen molar-refractivity contribution in [3.8, 4) is 0 Å². The molecule has 2 atom stereocenters. The van der Waals surface area contributed by atoms with Crippen molar-refractivity contribution >= 4 is 46.8 Å². The molecule has 1 fully saturated rings. The van der Waals surface area contributed by atoms with Crippen molar-refractivity contribution in [2.24, 2.45) is 0 Å². The monoisotopic (exact) mass is 790 g/mol. The van der Waals surface area contributed by atoms with E-state index < -0.39 is 60.4 Å². The molecule has 0 radical (unpaired) electrons. The normalized spacial score (nSPS) is 22.2. The number of alkyl halides is 20. The van der Waals surface area contributed by atoms with E-state index in [-0.39, 0.29) is 6.61 Å². The average Bonchev–Trinajstić information content (AvgIpc) is 2.82. The summed E-state index contributed by atoms with van der Waals surface area (Å²) in [4.78, 5) is -2.36. The number of nitrogens with one attached hydrogen (secondary N) is 1. The lowest BCUT2D eigenvalue weighted by Crippen LogP contribution is -2.74. The third-order valence-corrected chi connectivity index (χ3v) is 7.95. The summed E-state index contributed by atoms with van der Waals surface area (Å²) in [6.07, 6.45) is -8.00. The van der Waals surface area contributed by atoms with Crippen LogP contribution in [0, 0.1) is 0 Å². The molecule has 0 saturated carbocycles. The van der Waals surface area contributed by atoms with Crippen LogP contribution < -0.4 is 5.09 Å². The summed E-state index contributed by atoms with van der Waals surface area (Å²) in [6.45, 7) is 1.02. The predicted molar refractivity (Wildman–Crippen MR) is 111 cm³/mol. The van der Waals surface area contributed by atoms with Crippen molar-refractivity contribution in [1.29, 1.82) is 0 Å². The van der Waals surface area contributed by atoms with E-state index in [2.05, 4.69) is 9.97 Å². The van der Waals surface area contributed by atoms with E-state index >= 15 is 0 Å². The predicted octanol–water partition coefficient (Wildman–Crippen LogP) is 8.05. The van der Waals surface area contributed by atoms with Gasteiger partial charge < -0.3 is 4.52 Å². The van der Waals surface area contributed by atoms with Crippen LogP contribution in [0.2, 0.25) is 0 Å². The molecule has 0 aliphatic carbocycles. The first-order valence-corrected chi connectivity index (χ1v) is 13.5. The maximum atomic E-state index is 12.9. The Morgan fingerprint density at radius 1 is 0.762 bits per heavy atom. The van der Waals surface area contributed by atoms with Gasteiger partial charge in [-0.25, -0.2) is 14.6 Å². The minimum absolute atomic E-state index is 0.247. The van der Waals surface area contributed by atoms with Crippen molar-refractivity contribution in [3.05, 3.63) is 0 Å². The van der Waals surface area contributed by atoms with Crippen molar-refractivity contribution < 1.29 is 93.9 Å². The number of hydrogen-bond donors (Lipinski definition) is 2. The first-order chi connectivity index (χ1) is 18.4. The quantitative estimate of drug-likeness (QED) is 0.0686. The summed E-state index contributed by atoms with van der Waals surface area (Å²) in [5, 5.41) is 11.2. The Morgan fingerprint density at radius 2 is 1.12 bits per heavy atom. The first kappa shape index (κ1) is 41.9. The van der Waals surface area contributed by atoms with E-state index in [1.54, 1.807) is 0 Å². The van der Waals surface area contributed by atoms with E-state index in [0.29, 0.717) is 47.2 Å². The van der Waals surface area contributed by atoms with E-state index in [4.69, 9.17) is 33.0 Å². The second-order valence-electron chi connectivity index (χ2n) is 7.64. The lowest BCUT2D eigenvalue weighted by atomic mass is 9.91. The van der Waals surface area contributed by atoms with E-state index in [1.165, 1.54) is 4.67 Å². The summed E-state index contributed by atoms with van der Waals surface area (Å²) in [5.41, 5.74) is 0. The molecule has 0 unspecified atom stereocenters. The van der Waals surface area contributed by atoms with Crippen LogP contribution in [0.1, 0.15) is 6.42 Å². The molecular formula is C15H15BrCl2F17N2O4P. The Labute approximate surface area is 241 Å². The van der Waals surface area contributed by atoms with Gasteiger partial charge in [-0.3, -0.25) is 9.82 Å². The fraction of sp³-hybridized carbons (Fsp3) is 1.00. The molecule has 0 aromatic rings. The molecular weight excluding hydrogens is 777 g/mol. The zero-order valence-electron chi connectivity index (χ0n) is 19.4. The lowest BCUT2D eigenvalue weighted by Gasteiger charge is -2.42. The van der Waals surface area contributed by atoms with Crippen molar-refractivity contribution in [1.82, 2.24) is 9.76 Å². The van der Waals surface area contributed by atoms with Crippen LogP contribution in [0.25, 0.3) is 0 Å². The number of hydrogen-bond acceptors (Lipinski definition) is 4. The van der Waals surface area contributed by atoms with Gasteiger partial charge in [-0.2, -0.15) is 74.6 Å². The Bertz CT molecular complexity index is 887. The van der Waals surface area contributed by atoms with Crippen molar-refractivity contribution in [2.75, 3.05) is 31.5 Å². The van der Waals surface area contributed by atoms with Crippen LogP contribution in [0.15, 0.2) is 0 Å². The van der Waals surface area contributed by atoms with Gasteiger partial charge in [-0.1, -0.05) is 0 Å². The van der Waals surface area contributed by atoms with Crippen LogP contribution in [-0.4, -0.2) is 94.2 Å². The van der Waals surface area contributed by atoms with Crippen LogP contribution in [0.5, 0.6) is 0 Å². The molecule has 1 heterocycles. The number of rotatable bonds is 12. The molecule has 0 aromatic heterocycles. The highest BCUT2D eigenvalue weighted by atomic mass is 79.9. The van der Waals surface area contributed by atoms with Gasteiger partial charge in [0.15, 0.2) is 6.23 Å². The zero-order valence-corrected chi connectivity index (χ0v) is 23.4. The summed E-state index contributed by atoms with van der Waals surface area (Å²) in [6, 6.07) is 0. The highest BCUT2D eigenvalue weighted by Gasteiger charge is 2.95. The van der Waals surface area contributed by atoms with Gasteiger partial charge in [-0.15, -0.1) is 23.2 Å². The van der Waals surface area contributed by atoms with Gasteiger partial charge in [-0.05, 0) is 15.9 Å². The smallest absolute Gasteiger partial charge is 0.306 e. The van der Waals surface area contributed by atoms with E-state index in [0.717, 1.165) is 0 Å². The molecule has 1 aliphatic heterocycles. The molecule has 0 aromatic carbocycles. The standard InChI is InChI=1S/C8BrF17.C7H15Cl2N2O4P/c9-7(22,23)5(18,19)3(14,15)1(10,11)2(12,13)4(16,17)6(20,21)8(24,25)26;8-2-4-11(5-3-9)16(13)10-7(15-12)1-6-14-16/h;7,12H,1-6H2,(H,10,13)/t;7-,16-/m.0/s1. The molecule has 1 saturated heterocycles. The first-order valence-electron chi connectivity index (χ1n) is 10.0. The van der Waals surface area contributed by atoms with Gasteiger partial charge in [0.2, 0.25) is 0 Å². The van der Waals surface area contributed by atoms with Gasteiger partial charge in [0, 0.05) is 31.3 Å². The third kappa shape index (κ3) is 7.64. The van der Waals surface area contributed by atoms with E-state index in [9.17, 15) is 79.2 Å².